The predicted molar refractivity (Wildman–Crippen MR) is 79.8 cm³/mol. The number of rotatable bonds is 5. The Hall–Kier alpha value is -3.21. The first kappa shape index (κ1) is 15.2. The maximum atomic E-state index is 11.7. The van der Waals surface area contributed by atoms with E-state index in [1.165, 1.54) is 25.7 Å². The zero-order valence-corrected chi connectivity index (χ0v) is 12.1. The van der Waals surface area contributed by atoms with Gasteiger partial charge in [-0.3, -0.25) is 0 Å². The number of carbonyl (C=O) groups excluding carboxylic acids is 1. The molecule has 0 aliphatic rings. The van der Waals surface area contributed by atoms with Crippen LogP contribution in [0, 0.1) is 11.3 Å². The molecule has 2 N–H and O–H groups in total. The van der Waals surface area contributed by atoms with Gasteiger partial charge in [-0.2, -0.15) is 5.26 Å². The molecule has 0 spiro atoms. The molecule has 112 valence electrons. The fraction of sp³-hybridized carbons (Fsp3) is 0.214. The molecule has 22 heavy (non-hydrogen) atoms. The number of hydrogen-bond acceptors (Lipinski definition) is 8. The number of methoxy groups -OCH3 is 1. The molecule has 2 heterocycles. The average Bonchev–Trinajstić information content (AvgIpc) is 2.55. The monoisotopic (exact) mass is 298 g/mol. The Morgan fingerprint density at radius 3 is 2.64 bits per heavy atom. The van der Waals surface area contributed by atoms with Gasteiger partial charge in [0, 0.05) is 18.8 Å². The van der Waals surface area contributed by atoms with Gasteiger partial charge in [-0.05, 0) is 6.92 Å². The lowest BCUT2D eigenvalue weighted by Gasteiger charge is -2.11. The highest BCUT2D eigenvalue weighted by atomic mass is 16.5. The zero-order valence-electron chi connectivity index (χ0n) is 12.1. The van der Waals surface area contributed by atoms with Gasteiger partial charge in [0.15, 0.2) is 5.69 Å². The van der Waals surface area contributed by atoms with Gasteiger partial charge in [-0.1, -0.05) is 0 Å². The Morgan fingerprint density at radius 1 is 1.27 bits per heavy atom. The van der Waals surface area contributed by atoms with E-state index >= 15 is 0 Å². The molecular formula is C14H14N6O2. The molecule has 8 heteroatoms. The number of nitrogens with one attached hydrogen (secondary N) is 2. The number of hydrogen-bond donors (Lipinski definition) is 2. The Labute approximate surface area is 127 Å². The number of esters is 1. The number of anilines is 3. The second kappa shape index (κ2) is 6.99. The minimum Gasteiger partial charge on any atom is -0.465 e. The van der Waals surface area contributed by atoms with E-state index in [4.69, 9.17) is 10.00 Å². The fourth-order valence-corrected chi connectivity index (χ4v) is 1.71. The molecule has 2 aromatic heterocycles. The van der Waals surface area contributed by atoms with Crippen molar-refractivity contribution in [2.75, 3.05) is 24.3 Å². The molecule has 0 atom stereocenters. The summed E-state index contributed by atoms with van der Waals surface area (Å²) < 4.78 is 4.71. The molecule has 0 saturated carbocycles. The first-order valence-corrected chi connectivity index (χ1v) is 6.49. The van der Waals surface area contributed by atoms with Crippen molar-refractivity contribution < 1.29 is 9.53 Å². The van der Waals surface area contributed by atoms with Gasteiger partial charge in [0.1, 0.15) is 23.3 Å². The van der Waals surface area contributed by atoms with Crippen molar-refractivity contribution in [1.82, 2.24) is 15.0 Å². The molecule has 0 aliphatic carbocycles. The summed E-state index contributed by atoms with van der Waals surface area (Å²) in [5.41, 5.74) is 1.18. The third-order valence-electron chi connectivity index (χ3n) is 2.70. The summed E-state index contributed by atoms with van der Waals surface area (Å²) in [4.78, 5) is 23.8. The van der Waals surface area contributed by atoms with E-state index in [1.807, 2.05) is 13.0 Å². The molecule has 0 unspecified atom stereocenters. The minimum atomic E-state index is -0.465. The molecule has 0 fully saturated rings. The van der Waals surface area contributed by atoms with E-state index in [9.17, 15) is 4.79 Å². The maximum absolute atomic E-state index is 11.7. The smallest absolute Gasteiger partial charge is 0.341 e. The van der Waals surface area contributed by atoms with E-state index in [1.54, 1.807) is 6.07 Å². The minimum absolute atomic E-state index is 0.230. The van der Waals surface area contributed by atoms with Gasteiger partial charge in [-0.15, -0.1) is 0 Å². The van der Waals surface area contributed by atoms with Crippen LogP contribution in [0.15, 0.2) is 24.7 Å². The molecule has 2 aromatic rings. The topological polar surface area (TPSA) is 113 Å². The van der Waals surface area contributed by atoms with Crippen molar-refractivity contribution in [3.63, 3.8) is 0 Å². The molecule has 0 radical (unpaired) electrons. The first-order valence-electron chi connectivity index (χ1n) is 6.49. The standard InChI is InChI=1S/C14H14N6O2/c1-3-16-11-4-12(19-7-10(11)14(21)22-2)20-13-8-17-9(5-15)6-18-13/h4,6-8H,3H2,1-2H3,(H2,16,18,19,20). The number of carbonyl (C=O) groups is 1. The molecule has 0 aromatic carbocycles. The second-order valence-electron chi connectivity index (χ2n) is 4.16. The van der Waals surface area contributed by atoms with Crippen LogP contribution in [0.2, 0.25) is 0 Å². The highest BCUT2D eigenvalue weighted by Gasteiger charge is 2.13. The van der Waals surface area contributed by atoms with Crippen molar-refractivity contribution in [2.24, 2.45) is 0 Å². The summed E-state index contributed by atoms with van der Waals surface area (Å²) in [6.07, 6.45) is 4.21. The number of ether oxygens (including phenoxy) is 1. The van der Waals surface area contributed by atoms with Gasteiger partial charge >= 0.3 is 5.97 Å². The van der Waals surface area contributed by atoms with Crippen LogP contribution in [-0.4, -0.2) is 34.6 Å². The predicted octanol–water partition coefficient (Wildman–Crippen LogP) is 1.71. The molecule has 0 bridgehead atoms. The molecule has 0 amide bonds. The number of aromatic nitrogens is 3. The van der Waals surface area contributed by atoms with Crippen LogP contribution in [0.3, 0.4) is 0 Å². The van der Waals surface area contributed by atoms with Gasteiger partial charge in [0.2, 0.25) is 0 Å². The normalized spacial score (nSPS) is 9.68. The summed E-state index contributed by atoms with van der Waals surface area (Å²) in [5.74, 6) is 0.468. The van der Waals surface area contributed by atoms with Crippen LogP contribution in [0.5, 0.6) is 0 Å². The summed E-state index contributed by atoms with van der Waals surface area (Å²) in [7, 11) is 1.32. The lowest BCUT2D eigenvalue weighted by Crippen LogP contribution is -2.09. The number of nitriles is 1. The lowest BCUT2D eigenvalue weighted by atomic mass is 10.2. The van der Waals surface area contributed by atoms with Crippen LogP contribution in [0.1, 0.15) is 23.0 Å². The van der Waals surface area contributed by atoms with Crippen LogP contribution in [-0.2, 0) is 4.74 Å². The number of pyridine rings is 1. The second-order valence-corrected chi connectivity index (χ2v) is 4.16. The Kier molecular flexibility index (Phi) is 4.82. The van der Waals surface area contributed by atoms with Gasteiger partial charge in [0.05, 0.1) is 25.2 Å². The van der Waals surface area contributed by atoms with Crippen LogP contribution >= 0.6 is 0 Å². The highest BCUT2D eigenvalue weighted by Crippen LogP contribution is 2.21. The van der Waals surface area contributed by atoms with Crippen molar-refractivity contribution in [3.05, 3.63) is 35.9 Å². The first-order chi connectivity index (χ1) is 10.7. The lowest BCUT2D eigenvalue weighted by molar-refractivity contribution is 0.0601. The third kappa shape index (κ3) is 3.46. The van der Waals surface area contributed by atoms with E-state index < -0.39 is 5.97 Å². The van der Waals surface area contributed by atoms with Crippen molar-refractivity contribution in [3.8, 4) is 6.07 Å². The van der Waals surface area contributed by atoms with E-state index in [-0.39, 0.29) is 5.69 Å². The number of nitrogens with zero attached hydrogens (tertiary/aromatic N) is 4. The Bertz CT molecular complexity index is 708. The van der Waals surface area contributed by atoms with Gasteiger partial charge in [0.25, 0.3) is 0 Å². The third-order valence-corrected chi connectivity index (χ3v) is 2.70. The summed E-state index contributed by atoms with van der Waals surface area (Å²) in [5, 5.41) is 14.7. The quantitative estimate of drug-likeness (QED) is 0.802. The van der Waals surface area contributed by atoms with Crippen molar-refractivity contribution in [2.45, 2.75) is 6.92 Å². The summed E-state index contributed by atoms with van der Waals surface area (Å²) >= 11 is 0. The zero-order chi connectivity index (χ0) is 15.9. The molecule has 0 saturated heterocycles. The van der Waals surface area contributed by atoms with Crippen molar-refractivity contribution >= 4 is 23.3 Å². The maximum Gasteiger partial charge on any atom is 0.341 e. The van der Waals surface area contributed by atoms with Gasteiger partial charge < -0.3 is 15.4 Å². The van der Waals surface area contributed by atoms with E-state index in [0.717, 1.165) is 0 Å². The molecular weight excluding hydrogens is 284 g/mol. The van der Waals surface area contributed by atoms with Crippen LogP contribution in [0.25, 0.3) is 0 Å². The molecule has 0 aliphatic heterocycles. The fourth-order valence-electron chi connectivity index (χ4n) is 1.71. The SMILES string of the molecule is CCNc1cc(Nc2cnc(C#N)cn2)ncc1C(=O)OC. The van der Waals surface area contributed by atoms with Crippen LogP contribution in [0.4, 0.5) is 17.3 Å². The average molecular weight is 298 g/mol. The highest BCUT2D eigenvalue weighted by molar-refractivity contribution is 5.95. The largest absolute Gasteiger partial charge is 0.465 e. The van der Waals surface area contributed by atoms with Crippen molar-refractivity contribution in [1.29, 1.82) is 5.26 Å². The molecule has 2 rings (SSSR count). The Balaban J connectivity index is 2.25. The van der Waals surface area contributed by atoms with Crippen LogP contribution < -0.4 is 10.6 Å². The van der Waals surface area contributed by atoms with E-state index in [2.05, 4.69) is 25.6 Å². The molecule has 8 nitrogen and oxygen atoms in total. The summed E-state index contributed by atoms with van der Waals surface area (Å²) in [6, 6.07) is 3.57. The summed E-state index contributed by atoms with van der Waals surface area (Å²) in [6.45, 7) is 2.56. The Morgan fingerprint density at radius 2 is 2.05 bits per heavy atom. The van der Waals surface area contributed by atoms with Gasteiger partial charge in [-0.25, -0.2) is 19.7 Å². The van der Waals surface area contributed by atoms with E-state index in [0.29, 0.717) is 29.4 Å².